The Morgan fingerprint density at radius 2 is 1.92 bits per heavy atom. The van der Waals surface area contributed by atoms with Crippen LogP contribution in [0.3, 0.4) is 0 Å². The fraction of sp³-hybridized carbons (Fsp3) is 0.190. The number of fused-ring (bicyclic) bond motifs is 5. The van der Waals surface area contributed by atoms with E-state index in [9.17, 15) is 5.11 Å². The number of benzene rings is 2. The van der Waals surface area contributed by atoms with Crippen molar-refractivity contribution < 1.29 is 23.7 Å². The Balaban J connectivity index is 1.90. The standard InChI is InChI=1S/C21H17NO4/c1-12-19-14(10-18-21(12)26-8-7-25-18)5-6-22-11-15-13(9-16(19)22)3-4-17(24-2)20(15)23/h3-6,9-11H,7-8H2,1-2H3/p+1. The number of nitrogens with zero attached hydrogens (tertiary/aromatic N) is 1. The van der Waals surface area contributed by atoms with Gasteiger partial charge in [-0.2, -0.15) is 4.40 Å². The van der Waals surface area contributed by atoms with Crippen molar-refractivity contribution in [2.24, 2.45) is 0 Å². The van der Waals surface area contributed by atoms with Gasteiger partial charge in [0.1, 0.15) is 13.2 Å². The Kier molecular flexibility index (Phi) is 3.13. The van der Waals surface area contributed by atoms with Crippen molar-refractivity contribution in [3.8, 4) is 23.0 Å². The van der Waals surface area contributed by atoms with E-state index in [-0.39, 0.29) is 5.75 Å². The number of phenols is 1. The lowest BCUT2D eigenvalue weighted by molar-refractivity contribution is -0.509. The molecule has 0 saturated heterocycles. The minimum atomic E-state index is 0.151. The molecule has 1 aliphatic heterocycles. The second-order valence-corrected chi connectivity index (χ2v) is 6.49. The predicted molar refractivity (Wildman–Crippen MR) is 98.6 cm³/mol. The summed E-state index contributed by atoms with van der Waals surface area (Å²) in [6.45, 7) is 3.20. The third-order valence-electron chi connectivity index (χ3n) is 5.05. The molecular formula is C21H18NO4+. The van der Waals surface area contributed by atoms with Crippen molar-refractivity contribution in [3.05, 3.63) is 48.3 Å². The summed E-state index contributed by atoms with van der Waals surface area (Å²) in [7, 11) is 1.55. The maximum atomic E-state index is 10.5. The monoisotopic (exact) mass is 348 g/mol. The highest BCUT2D eigenvalue weighted by atomic mass is 16.6. The Morgan fingerprint density at radius 1 is 1.08 bits per heavy atom. The Hall–Kier alpha value is -3.21. The zero-order valence-electron chi connectivity index (χ0n) is 14.6. The van der Waals surface area contributed by atoms with Gasteiger partial charge in [0.15, 0.2) is 35.4 Å². The van der Waals surface area contributed by atoms with Crippen LogP contribution >= 0.6 is 0 Å². The molecule has 0 atom stereocenters. The van der Waals surface area contributed by atoms with E-state index in [1.54, 1.807) is 13.2 Å². The van der Waals surface area contributed by atoms with Crippen molar-refractivity contribution in [3.63, 3.8) is 0 Å². The fourth-order valence-corrected chi connectivity index (χ4v) is 3.79. The van der Waals surface area contributed by atoms with Gasteiger partial charge in [-0.1, -0.05) is 0 Å². The van der Waals surface area contributed by atoms with Crippen LogP contribution < -0.4 is 18.6 Å². The van der Waals surface area contributed by atoms with Crippen molar-refractivity contribution in [2.75, 3.05) is 20.3 Å². The number of ether oxygens (including phenoxy) is 3. The summed E-state index contributed by atoms with van der Waals surface area (Å²) in [6.07, 6.45) is 3.92. The molecule has 130 valence electrons. The lowest BCUT2D eigenvalue weighted by atomic mass is 10.0. The molecule has 1 N–H and O–H groups in total. The molecule has 0 amide bonds. The normalized spacial score (nSPS) is 13.5. The van der Waals surface area contributed by atoms with Gasteiger partial charge < -0.3 is 19.3 Å². The summed E-state index contributed by atoms with van der Waals surface area (Å²) in [5.41, 5.74) is 2.11. The molecular weight excluding hydrogens is 330 g/mol. The van der Waals surface area contributed by atoms with E-state index in [4.69, 9.17) is 14.2 Å². The number of aromatic nitrogens is 1. The summed E-state index contributed by atoms with van der Waals surface area (Å²) in [5, 5.41) is 14.4. The molecule has 0 saturated carbocycles. The largest absolute Gasteiger partial charge is 0.504 e. The van der Waals surface area contributed by atoms with Gasteiger partial charge in [-0.15, -0.1) is 0 Å². The molecule has 0 spiro atoms. The van der Waals surface area contributed by atoms with Crippen LogP contribution in [0.25, 0.3) is 27.1 Å². The summed E-state index contributed by atoms with van der Waals surface area (Å²) >= 11 is 0. The van der Waals surface area contributed by atoms with Gasteiger partial charge in [0, 0.05) is 17.7 Å². The summed E-state index contributed by atoms with van der Waals surface area (Å²) in [5.74, 6) is 2.23. The van der Waals surface area contributed by atoms with Crippen LogP contribution in [0.5, 0.6) is 23.0 Å². The third-order valence-corrected chi connectivity index (χ3v) is 5.05. The molecule has 0 bridgehead atoms. The highest BCUT2D eigenvalue weighted by Gasteiger charge is 2.22. The second-order valence-electron chi connectivity index (χ2n) is 6.49. The lowest BCUT2D eigenvalue weighted by Gasteiger charge is -2.21. The first-order valence-corrected chi connectivity index (χ1v) is 8.54. The summed E-state index contributed by atoms with van der Waals surface area (Å²) < 4.78 is 18.9. The summed E-state index contributed by atoms with van der Waals surface area (Å²) in [4.78, 5) is 0. The van der Waals surface area contributed by atoms with Crippen molar-refractivity contribution in [2.45, 2.75) is 6.92 Å². The fourth-order valence-electron chi connectivity index (χ4n) is 3.79. The average molecular weight is 348 g/mol. The van der Waals surface area contributed by atoms with Crippen LogP contribution in [0, 0.1) is 6.92 Å². The topological polar surface area (TPSA) is 52.0 Å². The van der Waals surface area contributed by atoms with Gasteiger partial charge in [0.25, 0.3) is 0 Å². The number of pyridine rings is 2. The molecule has 1 aliphatic rings. The van der Waals surface area contributed by atoms with Crippen LogP contribution in [0.15, 0.2) is 42.7 Å². The minimum Gasteiger partial charge on any atom is -0.504 e. The average Bonchev–Trinajstić information content (AvgIpc) is 2.67. The first-order chi connectivity index (χ1) is 12.7. The molecule has 0 unspecified atom stereocenters. The Bertz CT molecular complexity index is 1200. The predicted octanol–water partition coefficient (Wildman–Crippen LogP) is 3.53. The highest BCUT2D eigenvalue weighted by Crippen LogP contribution is 2.40. The second kappa shape index (κ2) is 5.39. The number of phenolic OH excluding ortho intramolecular Hbond substituents is 1. The number of hydrogen-bond acceptors (Lipinski definition) is 4. The number of methoxy groups -OCH3 is 1. The Morgan fingerprint density at radius 3 is 2.77 bits per heavy atom. The zero-order chi connectivity index (χ0) is 17.8. The van der Waals surface area contributed by atoms with Crippen LogP contribution in [0.1, 0.15) is 5.56 Å². The van der Waals surface area contributed by atoms with Crippen LogP contribution in [0.2, 0.25) is 0 Å². The van der Waals surface area contributed by atoms with Crippen LogP contribution in [-0.2, 0) is 0 Å². The van der Waals surface area contributed by atoms with Gasteiger partial charge >= 0.3 is 0 Å². The van der Waals surface area contributed by atoms with Gasteiger partial charge in [0.2, 0.25) is 5.52 Å². The van der Waals surface area contributed by atoms with E-state index in [1.807, 2.05) is 28.9 Å². The van der Waals surface area contributed by atoms with E-state index in [1.165, 1.54) is 0 Å². The molecule has 3 heterocycles. The number of rotatable bonds is 1. The molecule has 2 aromatic heterocycles. The van der Waals surface area contributed by atoms with Gasteiger partial charge in [0.05, 0.1) is 17.9 Å². The van der Waals surface area contributed by atoms with E-state index in [2.05, 4.69) is 19.1 Å². The maximum absolute atomic E-state index is 10.5. The van der Waals surface area contributed by atoms with Gasteiger partial charge in [-0.05, 0) is 35.9 Å². The van der Waals surface area contributed by atoms with Gasteiger partial charge in [-0.25, -0.2) is 0 Å². The molecule has 26 heavy (non-hydrogen) atoms. The van der Waals surface area contributed by atoms with Crippen molar-refractivity contribution in [1.29, 1.82) is 0 Å². The third kappa shape index (κ3) is 2.00. The van der Waals surface area contributed by atoms with E-state index in [0.29, 0.717) is 19.0 Å². The quantitative estimate of drug-likeness (QED) is 0.325. The van der Waals surface area contributed by atoms with Crippen molar-refractivity contribution >= 4 is 27.1 Å². The Labute approximate surface area is 150 Å². The number of aromatic hydroxyl groups is 1. The van der Waals surface area contributed by atoms with E-state index in [0.717, 1.165) is 44.1 Å². The highest BCUT2D eigenvalue weighted by molar-refractivity contribution is 6.02. The van der Waals surface area contributed by atoms with Crippen molar-refractivity contribution in [1.82, 2.24) is 0 Å². The molecule has 5 rings (SSSR count). The van der Waals surface area contributed by atoms with E-state index < -0.39 is 0 Å². The van der Waals surface area contributed by atoms with Gasteiger partial charge in [-0.3, -0.25) is 0 Å². The maximum Gasteiger partial charge on any atom is 0.219 e. The minimum absolute atomic E-state index is 0.151. The molecule has 0 radical (unpaired) electrons. The number of aryl methyl sites for hydroxylation is 1. The zero-order valence-corrected chi connectivity index (χ0v) is 14.6. The van der Waals surface area contributed by atoms with Crippen LogP contribution in [0.4, 0.5) is 0 Å². The lowest BCUT2D eigenvalue weighted by Crippen LogP contribution is -2.21. The molecule has 4 aromatic rings. The molecule has 5 heteroatoms. The van der Waals surface area contributed by atoms with E-state index >= 15 is 0 Å². The van der Waals surface area contributed by atoms with Crippen LogP contribution in [-0.4, -0.2) is 25.4 Å². The first kappa shape index (κ1) is 15.1. The molecule has 0 fully saturated rings. The SMILES string of the molecule is COc1ccc2cc3c4c(C)c5c(cc4cc[n+]3cc2c1O)OCCO5. The summed E-state index contributed by atoms with van der Waals surface area (Å²) in [6, 6.07) is 9.91. The smallest absolute Gasteiger partial charge is 0.219 e. The first-order valence-electron chi connectivity index (χ1n) is 8.54. The molecule has 0 aliphatic carbocycles. The number of hydrogen-bond donors (Lipinski definition) is 1. The molecule has 5 nitrogen and oxygen atoms in total. The molecule has 2 aromatic carbocycles.